The van der Waals surface area contributed by atoms with Crippen molar-refractivity contribution >= 4 is 0 Å². The van der Waals surface area contributed by atoms with Gasteiger partial charge in [-0.25, -0.2) is 0 Å². The number of nitrogens with two attached hydrogens (primary N) is 1. The van der Waals surface area contributed by atoms with E-state index in [1.54, 1.807) is 6.07 Å². The van der Waals surface area contributed by atoms with E-state index < -0.39 is 6.04 Å². The van der Waals surface area contributed by atoms with E-state index in [2.05, 4.69) is 6.58 Å². The lowest BCUT2D eigenvalue weighted by atomic mass is 10.00. The third-order valence-corrected chi connectivity index (χ3v) is 2.11. The Kier molecular flexibility index (Phi) is 3.32. The second-order valence-corrected chi connectivity index (χ2v) is 2.95. The highest BCUT2D eigenvalue weighted by Gasteiger charge is 2.17. The van der Waals surface area contributed by atoms with Crippen molar-refractivity contribution < 1.29 is 9.84 Å². The largest absolute Gasteiger partial charge is 0.504 e. The Morgan fingerprint density at radius 1 is 1.67 bits per heavy atom. The van der Waals surface area contributed by atoms with Gasteiger partial charge < -0.3 is 15.6 Å². The summed E-state index contributed by atoms with van der Waals surface area (Å²) in [7, 11) is 1.43. The number of methoxy groups -OCH3 is 1. The number of phenols is 1. The molecule has 0 fully saturated rings. The molecule has 3 N–H and O–H groups in total. The molecular weight excluding hydrogens is 192 g/mol. The lowest BCUT2D eigenvalue weighted by molar-refractivity contribution is 0.369. The average molecular weight is 204 g/mol. The third kappa shape index (κ3) is 1.92. The van der Waals surface area contributed by atoms with Crippen molar-refractivity contribution in [3.63, 3.8) is 0 Å². The smallest absolute Gasteiger partial charge is 0.164 e. The SMILES string of the molecule is C=C[C@@H](N)c1c(C#N)ccc(OC)c1O. The van der Waals surface area contributed by atoms with Crippen LogP contribution in [0.2, 0.25) is 0 Å². The molecule has 1 aromatic rings. The summed E-state index contributed by atoms with van der Waals surface area (Å²) < 4.78 is 4.93. The molecule has 0 aromatic heterocycles. The van der Waals surface area contributed by atoms with Crippen LogP contribution >= 0.6 is 0 Å². The van der Waals surface area contributed by atoms with Crippen LogP contribution in [-0.2, 0) is 0 Å². The minimum absolute atomic E-state index is 0.107. The molecule has 0 aliphatic rings. The second-order valence-electron chi connectivity index (χ2n) is 2.95. The molecule has 0 saturated carbocycles. The zero-order chi connectivity index (χ0) is 11.4. The van der Waals surface area contributed by atoms with Crippen molar-refractivity contribution in [3.8, 4) is 17.6 Å². The van der Waals surface area contributed by atoms with Gasteiger partial charge in [0.05, 0.1) is 24.8 Å². The molecule has 0 saturated heterocycles. The predicted octanol–water partition coefficient (Wildman–Crippen LogP) is 1.46. The molecule has 78 valence electrons. The van der Waals surface area contributed by atoms with Crippen LogP contribution in [0.1, 0.15) is 17.2 Å². The fraction of sp³-hybridized carbons (Fsp3) is 0.182. The number of rotatable bonds is 3. The van der Waals surface area contributed by atoms with E-state index in [-0.39, 0.29) is 5.75 Å². The molecule has 0 radical (unpaired) electrons. The zero-order valence-corrected chi connectivity index (χ0v) is 8.40. The summed E-state index contributed by atoms with van der Waals surface area (Å²) in [4.78, 5) is 0. The number of benzene rings is 1. The van der Waals surface area contributed by atoms with Gasteiger partial charge in [0.15, 0.2) is 11.5 Å². The van der Waals surface area contributed by atoms with E-state index in [9.17, 15) is 5.11 Å². The lowest BCUT2D eigenvalue weighted by Gasteiger charge is -2.13. The van der Waals surface area contributed by atoms with Crippen molar-refractivity contribution in [2.75, 3.05) is 7.11 Å². The van der Waals surface area contributed by atoms with Crippen LogP contribution < -0.4 is 10.5 Å². The molecule has 4 nitrogen and oxygen atoms in total. The molecule has 1 atom stereocenters. The van der Waals surface area contributed by atoms with E-state index in [1.807, 2.05) is 6.07 Å². The molecule has 0 aliphatic heterocycles. The van der Waals surface area contributed by atoms with Gasteiger partial charge in [-0.1, -0.05) is 6.08 Å². The molecule has 0 spiro atoms. The molecule has 0 heterocycles. The molecule has 1 aromatic carbocycles. The molecule has 0 amide bonds. The van der Waals surface area contributed by atoms with Gasteiger partial charge in [-0.05, 0) is 12.1 Å². The van der Waals surface area contributed by atoms with Gasteiger partial charge >= 0.3 is 0 Å². The Bertz CT molecular complexity index is 421. The Morgan fingerprint density at radius 2 is 2.33 bits per heavy atom. The van der Waals surface area contributed by atoms with Crippen molar-refractivity contribution in [2.24, 2.45) is 5.73 Å². The van der Waals surface area contributed by atoms with Gasteiger partial charge in [0, 0.05) is 5.56 Å². The molecule has 0 unspecified atom stereocenters. The first-order valence-electron chi connectivity index (χ1n) is 4.33. The maximum absolute atomic E-state index is 9.80. The van der Waals surface area contributed by atoms with Gasteiger partial charge in [-0.15, -0.1) is 6.58 Å². The van der Waals surface area contributed by atoms with Crippen LogP contribution in [0.5, 0.6) is 11.5 Å². The standard InChI is InChI=1S/C11H12N2O2/c1-3-8(13)10-7(6-12)4-5-9(15-2)11(10)14/h3-5,8,14H,1,13H2,2H3/t8-/m1/s1. The highest BCUT2D eigenvalue weighted by atomic mass is 16.5. The summed E-state index contributed by atoms with van der Waals surface area (Å²) in [5, 5.41) is 18.7. The van der Waals surface area contributed by atoms with Crippen LogP contribution in [-0.4, -0.2) is 12.2 Å². The summed E-state index contributed by atoms with van der Waals surface area (Å²) >= 11 is 0. The van der Waals surface area contributed by atoms with Gasteiger partial charge in [0.1, 0.15) is 0 Å². The molecule has 0 aliphatic carbocycles. The number of hydrogen-bond acceptors (Lipinski definition) is 4. The molecule has 1 rings (SSSR count). The van der Waals surface area contributed by atoms with E-state index >= 15 is 0 Å². The van der Waals surface area contributed by atoms with E-state index in [0.717, 1.165) is 0 Å². The molecule has 4 heteroatoms. The third-order valence-electron chi connectivity index (χ3n) is 2.11. The summed E-state index contributed by atoms with van der Waals surface area (Å²) in [5.74, 6) is 0.185. The summed E-state index contributed by atoms with van der Waals surface area (Å²) in [6, 6.07) is 4.45. The number of nitriles is 1. The van der Waals surface area contributed by atoms with Crippen LogP contribution in [0, 0.1) is 11.3 Å². The van der Waals surface area contributed by atoms with E-state index in [4.69, 9.17) is 15.7 Å². The number of aromatic hydroxyl groups is 1. The summed E-state index contributed by atoms with van der Waals surface area (Å²) in [5.41, 5.74) is 6.37. The molecular formula is C11H12N2O2. The molecule has 0 bridgehead atoms. The normalized spacial score (nSPS) is 11.5. The first-order valence-corrected chi connectivity index (χ1v) is 4.33. The lowest BCUT2D eigenvalue weighted by Crippen LogP contribution is -2.09. The van der Waals surface area contributed by atoms with Crippen LogP contribution in [0.25, 0.3) is 0 Å². The highest BCUT2D eigenvalue weighted by Crippen LogP contribution is 2.35. The maximum atomic E-state index is 9.80. The minimum Gasteiger partial charge on any atom is -0.504 e. The maximum Gasteiger partial charge on any atom is 0.164 e. The van der Waals surface area contributed by atoms with Gasteiger partial charge in [0.2, 0.25) is 0 Å². The van der Waals surface area contributed by atoms with Crippen LogP contribution in [0.4, 0.5) is 0 Å². The minimum atomic E-state index is -0.588. The quantitative estimate of drug-likeness (QED) is 0.730. The van der Waals surface area contributed by atoms with Gasteiger partial charge in [-0.2, -0.15) is 5.26 Å². The summed E-state index contributed by atoms with van der Waals surface area (Å²) in [6.45, 7) is 3.52. The van der Waals surface area contributed by atoms with Gasteiger partial charge in [0.25, 0.3) is 0 Å². The fourth-order valence-corrected chi connectivity index (χ4v) is 1.31. The van der Waals surface area contributed by atoms with Crippen molar-refractivity contribution in [1.82, 2.24) is 0 Å². The Balaban J connectivity index is 3.43. The Labute approximate surface area is 88.2 Å². The first-order chi connectivity index (χ1) is 7.15. The number of phenolic OH excluding ortho intramolecular Hbond substituents is 1. The topological polar surface area (TPSA) is 79.3 Å². The number of hydrogen-bond donors (Lipinski definition) is 2. The van der Waals surface area contributed by atoms with Crippen LogP contribution in [0.3, 0.4) is 0 Å². The second kappa shape index (κ2) is 4.49. The summed E-state index contributed by atoms with van der Waals surface area (Å²) in [6.07, 6.45) is 1.45. The monoisotopic (exact) mass is 204 g/mol. The van der Waals surface area contributed by atoms with E-state index in [0.29, 0.717) is 16.9 Å². The van der Waals surface area contributed by atoms with Crippen LogP contribution in [0.15, 0.2) is 24.8 Å². The van der Waals surface area contributed by atoms with Gasteiger partial charge in [-0.3, -0.25) is 0 Å². The van der Waals surface area contributed by atoms with E-state index in [1.165, 1.54) is 19.3 Å². The van der Waals surface area contributed by atoms with Crippen molar-refractivity contribution in [1.29, 1.82) is 5.26 Å². The van der Waals surface area contributed by atoms with Crippen molar-refractivity contribution in [3.05, 3.63) is 35.9 Å². The molecule has 15 heavy (non-hydrogen) atoms. The zero-order valence-electron chi connectivity index (χ0n) is 8.40. The number of nitrogens with zero attached hydrogens (tertiary/aromatic N) is 1. The fourth-order valence-electron chi connectivity index (χ4n) is 1.31. The van der Waals surface area contributed by atoms with Crippen molar-refractivity contribution in [2.45, 2.75) is 6.04 Å². The number of ether oxygens (including phenoxy) is 1. The highest BCUT2D eigenvalue weighted by molar-refractivity contribution is 5.56. The average Bonchev–Trinajstić information content (AvgIpc) is 2.27. The Hall–Kier alpha value is -1.99. The Morgan fingerprint density at radius 3 is 2.80 bits per heavy atom. The predicted molar refractivity (Wildman–Crippen MR) is 56.5 cm³/mol. The first kappa shape index (κ1) is 11.1.